The molecule has 0 saturated carbocycles. The first kappa shape index (κ1) is 14.4. The Labute approximate surface area is 121 Å². The van der Waals surface area contributed by atoms with Crippen LogP contribution in [-0.2, 0) is 4.79 Å². The molecule has 1 N–H and O–H groups in total. The second kappa shape index (κ2) is 7.53. The zero-order chi connectivity index (χ0) is 14.2. The Bertz CT molecular complexity index is 491. The standard InChI is InChI=1S/C17H22N2O/c1-2-7-15-8-6-11-17(15)19(14-20)13-12-18-16-9-4-3-5-10-16/h2-5,7,9-10,14,18H,6,8,11-13H2,1H3. The van der Waals surface area contributed by atoms with Crippen molar-refractivity contribution in [2.45, 2.75) is 26.2 Å². The third-order valence-corrected chi connectivity index (χ3v) is 3.53. The summed E-state index contributed by atoms with van der Waals surface area (Å²) in [5.74, 6) is 0. The minimum Gasteiger partial charge on any atom is -0.383 e. The highest BCUT2D eigenvalue weighted by atomic mass is 16.1. The van der Waals surface area contributed by atoms with Gasteiger partial charge >= 0.3 is 0 Å². The molecule has 0 heterocycles. The summed E-state index contributed by atoms with van der Waals surface area (Å²) in [6, 6.07) is 10.1. The van der Waals surface area contributed by atoms with E-state index in [-0.39, 0.29) is 0 Å². The lowest BCUT2D eigenvalue weighted by Gasteiger charge is -2.20. The van der Waals surface area contributed by atoms with E-state index in [0.717, 1.165) is 37.9 Å². The van der Waals surface area contributed by atoms with E-state index in [4.69, 9.17) is 0 Å². The fourth-order valence-corrected chi connectivity index (χ4v) is 2.59. The molecule has 0 saturated heterocycles. The number of benzene rings is 1. The van der Waals surface area contributed by atoms with Crippen molar-refractivity contribution in [1.29, 1.82) is 0 Å². The molecule has 1 amide bonds. The molecule has 1 aromatic rings. The Hall–Kier alpha value is -2.03. The van der Waals surface area contributed by atoms with E-state index in [9.17, 15) is 4.79 Å². The molecule has 0 aromatic heterocycles. The molecule has 1 aliphatic carbocycles. The van der Waals surface area contributed by atoms with Crippen LogP contribution in [0.5, 0.6) is 0 Å². The lowest BCUT2D eigenvalue weighted by atomic mass is 10.2. The van der Waals surface area contributed by atoms with Crippen LogP contribution in [0, 0.1) is 0 Å². The maximum Gasteiger partial charge on any atom is 0.213 e. The topological polar surface area (TPSA) is 32.3 Å². The molecule has 106 valence electrons. The third-order valence-electron chi connectivity index (χ3n) is 3.53. The van der Waals surface area contributed by atoms with Crippen LogP contribution < -0.4 is 5.32 Å². The molecule has 1 aromatic carbocycles. The molecule has 20 heavy (non-hydrogen) atoms. The monoisotopic (exact) mass is 270 g/mol. The number of rotatable bonds is 7. The predicted molar refractivity (Wildman–Crippen MR) is 83.4 cm³/mol. The molecule has 0 fully saturated rings. The van der Waals surface area contributed by atoms with E-state index >= 15 is 0 Å². The van der Waals surface area contributed by atoms with Crippen molar-refractivity contribution >= 4 is 12.1 Å². The molecule has 0 radical (unpaired) electrons. The number of carbonyl (C=O) groups is 1. The van der Waals surface area contributed by atoms with Crippen molar-refractivity contribution < 1.29 is 4.79 Å². The first-order valence-electron chi connectivity index (χ1n) is 7.20. The fraction of sp³-hybridized carbons (Fsp3) is 0.353. The highest BCUT2D eigenvalue weighted by Crippen LogP contribution is 2.28. The van der Waals surface area contributed by atoms with Crippen molar-refractivity contribution in [2.24, 2.45) is 0 Å². The van der Waals surface area contributed by atoms with Crippen molar-refractivity contribution in [3.05, 3.63) is 53.8 Å². The van der Waals surface area contributed by atoms with Crippen molar-refractivity contribution in [2.75, 3.05) is 18.4 Å². The minimum absolute atomic E-state index is 0.703. The maximum atomic E-state index is 11.3. The van der Waals surface area contributed by atoms with Crippen LogP contribution in [-0.4, -0.2) is 24.4 Å². The van der Waals surface area contributed by atoms with E-state index in [0.29, 0.717) is 6.54 Å². The zero-order valence-corrected chi connectivity index (χ0v) is 12.0. The van der Waals surface area contributed by atoms with Crippen LogP contribution in [0.15, 0.2) is 53.8 Å². The Morgan fingerprint density at radius 2 is 2.05 bits per heavy atom. The van der Waals surface area contributed by atoms with Crippen LogP contribution in [0.1, 0.15) is 26.2 Å². The number of para-hydroxylation sites is 1. The molecule has 0 bridgehead atoms. The number of anilines is 1. The SMILES string of the molecule is CC=CC1=C(N(C=O)CCNc2ccccc2)CCC1. The van der Waals surface area contributed by atoms with E-state index < -0.39 is 0 Å². The second-order valence-electron chi connectivity index (χ2n) is 4.92. The molecule has 1 aliphatic rings. The Morgan fingerprint density at radius 1 is 1.25 bits per heavy atom. The van der Waals surface area contributed by atoms with Gasteiger partial charge in [0.2, 0.25) is 6.41 Å². The number of hydrogen-bond acceptors (Lipinski definition) is 2. The molecule has 0 atom stereocenters. The summed E-state index contributed by atoms with van der Waals surface area (Å²) in [5, 5.41) is 3.34. The Balaban J connectivity index is 1.92. The van der Waals surface area contributed by atoms with Crippen LogP contribution in [0.2, 0.25) is 0 Å². The van der Waals surface area contributed by atoms with Crippen molar-refractivity contribution in [1.82, 2.24) is 4.90 Å². The van der Waals surface area contributed by atoms with Gasteiger partial charge in [0, 0.05) is 24.5 Å². The summed E-state index contributed by atoms with van der Waals surface area (Å²) in [5.41, 5.74) is 3.58. The van der Waals surface area contributed by atoms with Gasteiger partial charge in [0.1, 0.15) is 0 Å². The Morgan fingerprint density at radius 3 is 2.75 bits per heavy atom. The molecular formula is C17H22N2O. The average Bonchev–Trinajstić information content (AvgIpc) is 2.93. The largest absolute Gasteiger partial charge is 0.383 e. The molecule has 2 rings (SSSR count). The van der Waals surface area contributed by atoms with Gasteiger partial charge in [-0.3, -0.25) is 4.79 Å². The summed E-state index contributed by atoms with van der Waals surface area (Å²) < 4.78 is 0. The second-order valence-corrected chi connectivity index (χ2v) is 4.92. The van der Waals surface area contributed by atoms with E-state index in [2.05, 4.69) is 11.4 Å². The average molecular weight is 270 g/mol. The fourth-order valence-electron chi connectivity index (χ4n) is 2.59. The summed E-state index contributed by atoms with van der Waals surface area (Å²) in [4.78, 5) is 13.2. The van der Waals surface area contributed by atoms with Gasteiger partial charge in [-0.25, -0.2) is 0 Å². The molecule has 3 nitrogen and oxygen atoms in total. The lowest BCUT2D eigenvalue weighted by molar-refractivity contribution is -0.116. The summed E-state index contributed by atoms with van der Waals surface area (Å²) in [6.45, 7) is 3.48. The van der Waals surface area contributed by atoms with E-state index in [1.165, 1.54) is 11.3 Å². The Kier molecular flexibility index (Phi) is 5.42. The van der Waals surface area contributed by atoms with Gasteiger partial charge in [0.25, 0.3) is 0 Å². The van der Waals surface area contributed by atoms with Gasteiger partial charge in [-0.1, -0.05) is 30.4 Å². The molecular weight excluding hydrogens is 248 g/mol. The summed E-state index contributed by atoms with van der Waals surface area (Å²) >= 11 is 0. The smallest absolute Gasteiger partial charge is 0.213 e. The van der Waals surface area contributed by atoms with E-state index in [1.54, 1.807) is 0 Å². The number of allylic oxidation sites excluding steroid dienone is 4. The van der Waals surface area contributed by atoms with Crippen LogP contribution in [0.25, 0.3) is 0 Å². The van der Waals surface area contributed by atoms with E-state index in [1.807, 2.05) is 48.2 Å². The van der Waals surface area contributed by atoms with Crippen molar-refractivity contribution in [3.8, 4) is 0 Å². The third kappa shape index (κ3) is 3.73. The minimum atomic E-state index is 0.703. The zero-order valence-electron chi connectivity index (χ0n) is 12.0. The normalized spacial score (nSPS) is 14.8. The van der Waals surface area contributed by atoms with Gasteiger partial charge in [0.05, 0.1) is 0 Å². The molecule has 0 aliphatic heterocycles. The van der Waals surface area contributed by atoms with Gasteiger partial charge in [-0.15, -0.1) is 0 Å². The number of nitrogens with zero attached hydrogens (tertiary/aromatic N) is 1. The van der Waals surface area contributed by atoms with Gasteiger partial charge in [-0.05, 0) is 43.9 Å². The van der Waals surface area contributed by atoms with Crippen LogP contribution in [0.3, 0.4) is 0 Å². The number of hydrogen-bond donors (Lipinski definition) is 1. The van der Waals surface area contributed by atoms with Gasteiger partial charge in [-0.2, -0.15) is 0 Å². The number of nitrogens with one attached hydrogen (secondary N) is 1. The maximum absolute atomic E-state index is 11.3. The number of carbonyl (C=O) groups excluding carboxylic acids is 1. The quantitative estimate of drug-likeness (QED) is 0.768. The molecule has 3 heteroatoms. The molecule has 0 spiro atoms. The lowest BCUT2D eigenvalue weighted by Crippen LogP contribution is -2.27. The van der Waals surface area contributed by atoms with Gasteiger partial charge < -0.3 is 10.2 Å². The molecule has 0 unspecified atom stereocenters. The van der Waals surface area contributed by atoms with Crippen LogP contribution >= 0.6 is 0 Å². The first-order valence-corrected chi connectivity index (χ1v) is 7.20. The highest BCUT2D eigenvalue weighted by molar-refractivity contribution is 5.53. The summed E-state index contributed by atoms with van der Waals surface area (Å²) in [6.07, 6.45) is 8.36. The highest BCUT2D eigenvalue weighted by Gasteiger charge is 2.17. The van der Waals surface area contributed by atoms with Gasteiger partial charge in [0.15, 0.2) is 0 Å². The number of amides is 1. The summed E-state index contributed by atoms with van der Waals surface area (Å²) in [7, 11) is 0. The van der Waals surface area contributed by atoms with Crippen molar-refractivity contribution in [3.63, 3.8) is 0 Å². The predicted octanol–water partition coefficient (Wildman–Crippen LogP) is 3.57. The van der Waals surface area contributed by atoms with Crippen LogP contribution in [0.4, 0.5) is 5.69 Å². The first-order chi connectivity index (χ1) is 9.85.